The van der Waals surface area contributed by atoms with Crippen molar-refractivity contribution < 1.29 is 4.42 Å². The second kappa shape index (κ2) is 3.58. The highest BCUT2D eigenvalue weighted by atomic mass is 16.3. The minimum atomic E-state index is 0.735. The molecular weight excluding hydrogens is 138 g/mol. The first-order valence-electron chi connectivity index (χ1n) is 4.00. The van der Waals surface area contributed by atoms with Crippen molar-refractivity contribution in [1.29, 1.82) is 0 Å². The molecule has 0 bridgehead atoms. The average Bonchev–Trinajstić information content (AvgIpc) is 2.26. The number of nitrogens with two attached hydrogens (primary N) is 1. The summed E-state index contributed by atoms with van der Waals surface area (Å²) in [4.78, 5) is 0. The molecule has 1 rings (SSSR count). The van der Waals surface area contributed by atoms with Gasteiger partial charge in [-0.2, -0.15) is 0 Å². The van der Waals surface area contributed by atoms with Crippen LogP contribution in [0.25, 0.3) is 0 Å². The molecular formula is C9H15NO. The van der Waals surface area contributed by atoms with Crippen LogP contribution >= 0.6 is 0 Å². The topological polar surface area (TPSA) is 39.2 Å². The Labute approximate surface area is 67.4 Å². The van der Waals surface area contributed by atoms with Crippen molar-refractivity contribution in [3.8, 4) is 0 Å². The minimum absolute atomic E-state index is 0.735. The highest BCUT2D eigenvalue weighted by molar-refractivity contribution is 5.19. The van der Waals surface area contributed by atoms with Crippen LogP contribution in [0, 0.1) is 13.8 Å². The van der Waals surface area contributed by atoms with Gasteiger partial charge >= 0.3 is 0 Å². The Bertz CT molecular complexity index is 227. The molecule has 0 aliphatic rings. The van der Waals surface area contributed by atoms with Crippen LogP contribution < -0.4 is 5.73 Å². The normalized spacial score (nSPS) is 10.5. The summed E-state index contributed by atoms with van der Waals surface area (Å²) in [5.74, 6) is 2.09. The highest BCUT2D eigenvalue weighted by Gasteiger charge is 2.02. The van der Waals surface area contributed by atoms with Crippen molar-refractivity contribution in [2.45, 2.75) is 26.7 Å². The maximum absolute atomic E-state index is 5.46. The second-order valence-electron chi connectivity index (χ2n) is 2.86. The third kappa shape index (κ3) is 2.09. The van der Waals surface area contributed by atoms with Gasteiger partial charge in [-0.3, -0.25) is 0 Å². The van der Waals surface area contributed by atoms with E-state index in [-0.39, 0.29) is 0 Å². The van der Waals surface area contributed by atoms with Crippen molar-refractivity contribution in [2.24, 2.45) is 5.73 Å². The van der Waals surface area contributed by atoms with Gasteiger partial charge in [-0.1, -0.05) is 0 Å². The zero-order valence-corrected chi connectivity index (χ0v) is 7.18. The molecule has 0 aliphatic carbocycles. The van der Waals surface area contributed by atoms with Gasteiger partial charge in [0.15, 0.2) is 0 Å². The van der Waals surface area contributed by atoms with Crippen LogP contribution in [-0.4, -0.2) is 6.54 Å². The van der Waals surface area contributed by atoms with Crippen LogP contribution in [-0.2, 0) is 6.42 Å². The van der Waals surface area contributed by atoms with Crippen LogP contribution in [0.15, 0.2) is 10.5 Å². The van der Waals surface area contributed by atoms with Crippen molar-refractivity contribution in [3.05, 3.63) is 23.2 Å². The van der Waals surface area contributed by atoms with Gasteiger partial charge in [0.05, 0.1) is 0 Å². The molecule has 0 atom stereocenters. The lowest BCUT2D eigenvalue weighted by atomic mass is 10.2. The summed E-state index contributed by atoms with van der Waals surface area (Å²) in [7, 11) is 0. The molecule has 2 heteroatoms. The predicted octanol–water partition coefficient (Wildman–Crippen LogP) is 1.79. The summed E-state index contributed by atoms with van der Waals surface area (Å²) in [6.45, 7) is 4.78. The Morgan fingerprint density at radius 2 is 2.18 bits per heavy atom. The molecule has 0 radical (unpaired) electrons. The summed E-state index contributed by atoms with van der Waals surface area (Å²) in [5.41, 5.74) is 6.64. The van der Waals surface area contributed by atoms with Gasteiger partial charge in [0.25, 0.3) is 0 Å². The fourth-order valence-electron chi connectivity index (χ4n) is 1.20. The maximum Gasteiger partial charge on any atom is 0.107 e. The second-order valence-corrected chi connectivity index (χ2v) is 2.86. The largest absolute Gasteiger partial charge is 0.466 e. The zero-order valence-electron chi connectivity index (χ0n) is 7.18. The summed E-state index contributed by atoms with van der Waals surface area (Å²) >= 11 is 0. The monoisotopic (exact) mass is 153 g/mol. The first-order chi connectivity index (χ1) is 5.24. The van der Waals surface area contributed by atoms with E-state index in [4.69, 9.17) is 10.2 Å². The van der Waals surface area contributed by atoms with Crippen molar-refractivity contribution in [3.63, 3.8) is 0 Å². The molecule has 1 aromatic rings. The van der Waals surface area contributed by atoms with Gasteiger partial charge in [-0.15, -0.1) is 0 Å². The van der Waals surface area contributed by atoms with E-state index >= 15 is 0 Å². The molecule has 0 aromatic carbocycles. The lowest BCUT2D eigenvalue weighted by Gasteiger charge is -1.94. The summed E-state index contributed by atoms with van der Waals surface area (Å²) in [6.07, 6.45) is 1.98. The van der Waals surface area contributed by atoms with Crippen molar-refractivity contribution in [1.82, 2.24) is 0 Å². The number of furan rings is 1. The fourth-order valence-corrected chi connectivity index (χ4v) is 1.20. The molecule has 11 heavy (non-hydrogen) atoms. The van der Waals surface area contributed by atoms with Crippen LogP contribution in [0.2, 0.25) is 0 Å². The molecule has 2 nitrogen and oxygen atoms in total. The molecule has 0 saturated carbocycles. The van der Waals surface area contributed by atoms with E-state index in [2.05, 4.69) is 13.0 Å². The molecule has 0 unspecified atom stereocenters. The van der Waals surface area contributed by atoms with Crippen LogP contribution in [0.3, 0.4) is 0 Å². The van der Waals surface area contributed by atoms with Crippen LogP contribution in [0.5, 0.6) is 0 Å². The van der Waals surface area contributed by atoms with Gasteiger partial charge in [-0.05, 0) is 38.4 Å². The molecule has 0 saturated heterocycles. The first-order valence-corrected chi connectivity index (χ1v) is 4.00. The third-order valence-corrected chi connectivity index (χ3v) is 1.75. The van der Waals surface area contributed by atoms with E-state index in [9.17, 15) is 0 Å². The maximum atomic E-state index is 5.46. The van der Waals surface area contributed by atoms with Gasteiger partial charge < -0.3 is 10.2 Å². The lowest BCUT2D eigenvalue weighted by molar-refractivity contribution is 0.476. The van der Waals surface area contributed by atoms with Crippen LogP contribution in [0.4, 0.5) is 0 Å². The molecule has 62 valence electrons. The summed E-state index contributed by atoms with van der Waals surface area (Å²) in [5, 5.41) is 0. The van der Waals surface area contributed by atoms with Gasteiger partial charge in [-0.25, -0.2) is 0 Å². The Kier molecular flexibility index (Phi) is 2.71. The molecule has 0 fully saturated rings. The summed E-state index contributed by atoms with van der Waals surface area (Å²) in [6, 6.07) is 2.06. The Morgan fingerprint density at radius 3 is 2.64 bits per heavy atom. The molecule has 0 spiro atoms. The molecule has 1 heterocycles. The standard InChI is InChI=1S/C9H15NO/c1-7-6-8(2)11-9(7)4-3-5-10/h6H,3-5,10H2,1-2H3. The Morgan fingerprint density at radius 1 is 1.45 bits per heavy atom. The molecule has 0 aliphatic heterocycles. The number of aryl methyl sites for hydroxylation is 3. The van der Waals surface area contributed by atoms with E-state index in [0.29, 0.717) is 0 Å². The highest BCUT2D eigenvalue weighted by Crippen LogP contribution is 2.14. The van der Waals surface area contributed by atoms with Gasteiger partial charge in [0, 0.05) is 6.42 Å². The fraction of sp³-hybridized carbons (Fsp3) is 0.556. The third-order valence-electron chi connectivity index (χ3n) is 1.75. The smallest absolute Gasteiger partial charge is 0.107 e. The lowest BCUT2D eigenvalue weighted by Crippen LogP contribution is -2.00. The van der Waals surface area contributed by atoms with Crippen molar-refractivity contribution >= 4 is 0 Å². The SMILES string of the molecule is Cc1cc(C)c(CCCN)o1. The van der Waals surface area contributed by atoms with Crippen molar-refractivity contribution in [2.75, 3.05) is 6.54 Å². The summed E-state index contributed by atoms with van der Waals surface area (Å²) < 4.78 is 5.46. The molecule has 2 N–H and O–H groups in total. The van der Waals surface area contributed by atoms with Crippen LogP contribution in [0.1, 0.15) is 23.5 Å². The van der Waals surface area contributed by atoms with E-state index < -0.39 is 0 Å². The number of rotatable bonds is 3. The predicted molar refractivity (Wildman–Crippen MR) is 45.6 cm³/mol. The first kappa shape index (κ1) is 8.34. The Balaban J connectivity index is 2.62. The average molecular weight is 153 g/mol. The van der Waals surface area contributed by atoms with E-state index in [1.54, 1.807) is 0 Å². The van der Waals surface area contributed by atoms with E-state index in [1.165, 1.54) is 5.56 Å². The van der Waals surface area contributed by atoms with Gasteiger partial charge in [0.1, 0.15) is 11.5 Å². The quantitative estimate of drug-likeness (QED) is 0.719. The van der Waals surface area contributed by atoms with E-state index in [0.717, 1.165) is 30.9 Å². The number of hydrogen-bond acceptors (Lipinski definition) is 2. The molecule has 1 aromatic heterocycles. The zero-order chi connectivity index (χ0) is 8.27. The van der Waals surface area contributed by atoms with E-state index in [1.807, 2.05) is 6.92 Å². The Hall–Kier alpha value is -0.760. The minimum Gasteiger partial charge on any atom is -0.466 e. The number of hydrogen-bond donors (Lipinski definition) is 1. The molecule has 0 amide bonds. The van der Waals surface area contributed by atoms with Gasteiger partial charge in [0.2, 0.25) is 0 Å².